The normalized spacial score (nSPS) is 22.8. The van der Waals surface area contributed by atoms with Gasteiger partial charge in [-0.3, -0.25) is 14.5 Å². The van der Waals surface area contributed by atoms with E-state index in [1.165, 1.54) is 4.90 Å². The minimum atomic E-state index is -0.727. The van der Waals surface area contributed by atoms with E-state index in [4.69, 9.17) is 5.73 Å². The SMILES string of the molecule is C[C@@H](CN)NC(=O)CN1C(=O)N(C)C2(CCCCC2)C1=O. The third-order valence-corrected chi connectivity index (χ3v) is 4.55. The Morgan fingerprint density at radius 2 is 1.95 bits per heavy atom. The van der Waals surface area contributed by atoms with Crippen LogP contribution < -0.4 is 11.1 Å². The number of rotatable bonds is 4. The van der Waals surface area contributed by atoms with Crippen LogP contribution in [0.3, 0.4) is 0 Å². The summed E-state index contributed by atoms with van der Waals surface area (Å²) in [5, 5.41) is 2.68. The molecule has 0 aromatic rings. The van der Waals surface area contributed by atoms with Gasteiger partial charge >= 0.3 is 6.03 Å². The molecule has 1 aliphatic heterocycles. The molecule has 7 heteroatoms. The second-order valence-corrected chi connectivity index (χ2v) is 6.03. The lowest BCUT2D eigenvalue weighted by Crippen LogP contribution is -2.50. The summed E-state index contributed by atoms with van der Waals surface area (Å²) in [6, 6.07) is -0.552. The monoisotopic (exact) mass is 296 g/mol. The summed E-state index contributed by atoms with van der Waals surface area (Å²) in [4.78, 5) is 39.5. The van der Waals surface area contributed by atoms with E-state index in [1.807, 2.05) is 0 Å². The molecular formula is C14H24N4O3. The van der Waals surface area contributed by atoms with Crippen molar-refractivity contribution in [1.29, 1.82) is 0 Å². The molecule has 1 saturated heterocycles. The fourth-order valence-electron chi connectivity index (χ4n) is 3.19. The summed E-state index contributed by atoms with van der Waals surface area (Å²) < 4.78 is 0. The summed E-state index contributed by atoms with van der Waals surface area (Å²) in [5.41, 5.74) is 4.72. The topological polar surface area (TPSA) is 95.7 Å². The first-order valence-corrected chi connectivity index (χ1v) is 7.51. The number of nitrogens with two attached hydrogens (primary N) is 1. The van der Waals surface area contributed by atoms with Crippen molar-refractivity contribution in [2.45, 2.75) is 50.6 Å². The van der Waals surface area contributed by atoms with Crippen molar-refractivity contribution < 1.29 is 14.4 Å². The largest absolute Gasteiger partial charge is 0.351 e. The number of nitrogens with one attached hydrogen (secondary N) is 1. The third-order valence-electron chi connectivity index (χ3n) is 4.55. The zero-order valence-corrected chi connectivity index (χ0v) is 12.7. The fraction of sp³-hybridized carbons (Fsp3) is 0.786. The molecule has 1 spiro atoms. The Morgan fingerprint density at radius 3 is 2.52 bits per heavy atom. The first kappa shape index (κ1) is 15.8. The molecule has 0 aromatic carbocycles. The molecule has 0 bridgehead atoms. The number of hydrogen-bond donors (Lipinski definition) is 2. The highest BCUT2D eigenvalue weighted by Gasteiger charge is 2.55. The maximum Gasteiger partial charge on any atom is 0.327 e. The van der Waals surface area contributed by atoms with E-state index in [0.29, 0.717) is 19.4 Å². The van der Waals surface area contributed by atoms with Crippen molar-refractivity contribution in [3.05, 3.63) is 0 Å². The zero-order chi connectivity index (χ0) is 15.6. The lowest BCUT2D eigenvalue weighted by atomic mass is 9.81. The Morgan fingerprint density at radius 1 is 1.33 bits per heavy atom. The summed E-state index contributed by atoms with van der Waals surface area (Å²) in [6.07, 6.45) is 4.34. The Labute approximate surface area is 124 Å². The molecule has 3 N–H and O–H groups in total. The van der Waals surface area contributed by atoms with Gasteiger partial charge in [0.25, 0.3) is 5.91 Å². The average Bonchev–Trinajstić information content (AvgIpc) is 2.64. The van der Waals surface area contributed by atoms with Gasteiger partial charge in [-0.15, -0.1) is 0 Å². The van der Waals surface area contributed by atoms with E-state index in [9.17, 15) is 14.4 Å². The number of carbonyl (C=O) groups is 3. The van der Waals surface area contributed by atoms with E-state index in [0.717, 1.165) is 24.2 Å². The van der Waals surface area contributed by atoms with Gasteiger partial charge in [0.1, 0.15) is 12.1 Å². The summed E-state index contributed by atoms with van der Waals surface area (Å²) in [5.74, 6) is -0.582. The van der Waals surface area contributed by atoms with Crippen molar-refractivity contribution in [3.8, 4) is 0 Å². The number of nitrogens with zero attached hydrogens (tertiary/aromatic N) is 2. The Bertz CT molecular complexity index is 446. The number of likely N-dealkylation sites (N-methyl/N-ethyl adjacent to an activating group) is 1. The highest BCUT2D eigenvalue weighted by Crippen LogP contribution is 2.39. The second-order valence-electron chi connectivity index (χ2n) is 6.03. The molecule has 118 valence electrons. The average molecular weight is 296 g/mol. The van der Waals surface area contributed by atoms with Crippen LogP contribution in [0.5, 0.6) is 0 Å². The molecule has 21 heavy (non-hydrogen) atoms. The minimum Gasteiger partial charge on any atom is -0.351 e. The molecule has 2 fully saturated rings. The second kappa shape index (κ2) is 6.01. The van der Waals surface area contributed by atoms with Crippen LogP contribution in [0.1, 0.15) is 39.0 Å². The number of urea groups is 1. The summed E-state index contributed by atoms with van der Waals surface area (Å²) >= 11 is 0. The molecule has 0 radical (unpaired) electrons. The molecule has 1 saturated carbocycles. The van der Waals surface area contributed by atoms with Gasteiger partial charge in [-0.05, 0) is 19.8 Å². The van der Waals surface area contributed by atoms with Gasteiger partial charge in [0, 0.05) is 19.6 Å². The predicted octanol–water partition coefficient (Wildman–Crippen LogP) is 0.0467. The molecule has 7 nitrogen and oxygen atoms in total. The Kier molecular flexibility index (Phi) is 4.51. The van der Waals surface area contributed by atoms with E-state index in [1.54, 1.807) is 14.0 Å². The fourth-order valence-corrected chi connectivity index (χ4v) is 3.19. The molecule has 0 aromatic heterocycles. The molecule has 2 aliphatic rings. The lowest BCUT2D eigenvalue weighted by Gasteiger charge is -2.35. The van der Waals surface area contributed by atoms with Gasteiger partial charge in [0.2, 0.25) is 5.91 Å². The van der Waals surface area contributed by atoms with Gasteiger partial charge < -0.3 is 16.0 Å². The van der Waals surface area contributed by atoms with Crippen LogP contribution in [0.25, 0.3) is 0 Å². The lowest BCUT2D eigenvalue weighted by molar-refractivity contribution is -0.137. The first-order chi connectivity index (χ1) is 9.92. The number of carbonyl (C=O) groups excluding carboxylic acids is 3. The molecule has 1 aliphatic carbocycles. The van der Waals surface area contributed by atoms with Crippen LogP contribution >= 0.6 is 0 Å². The van der Waals surface area contributed by atoms with Crippen LogP contribution in [-0.4, -0.2) is 59.4 Å². The Balaban J connectivity index is 2.09. The quantitative estimate of drug-likeness (QED) is 0.716. The van der Waals surface area contributed by atoms with E-state index >= 15 is 0 Å². The van der Waals surface area contributed by atoms with E-state index in [-0.39, 0.29) is 30.4 Å². The molecule has 0 unspecified atom stereocenters. The van der Waals surface area contributed by atoms with Crippen molar-refractivity contribution in [3.63, 3.8) is 0 Å². The van der Waals surface area contributed by atoms with Crippen molar-refractivity contribution in [2.24, 2.45) is 5.73 Å². The third kappa shape index (κ3) is 2.74. The van der Waals surface area contributed by atoms with Gasteiger partial charge in [0.05, 0.1) is 0 Å². The van der Waals surface area contributed by atoms with Gasteiger partial charge in [-0.2, -0.15) is 0 Å². The molecule has 1 heterocycles. The van der Waals surface area contributed by atoms with Crippen molar-refractivity contribution in [1.82, 2.24) is 15.1 Å². The molecule has 2 rings (SSSR count). The van der Waals surface area contributed by atoms with Crippen LogP contribution in [-0.2, 0) is 9.59 Å². The van der Waals surface area contributed by atoms with Gasteiger partial charge in [-0.1, -0.05) is 19.3 Å². The minimum absolute atomic E-state index is 0.174. The van der Waals surface area contributed by atoms with Crippen LogP contribution in [0, 0.1) is 0 Å². The number of amides is 4. The smallest absolute Gasteiger partial charge is 0.327 e. The molecular weight excluding hydrogens is 272 g/mol. The number of hydrogen-bond acceptors (Lipinski definition) is 4. The highest BCUT2D eigenvalue weighted by molar-refractivity contribution is 6.08. The number of imide groups is 1. The molecule has 4 amide bonds. The first-order valence-electron chi connectivity index (χ1n) is 7.51. The maximum atomic E-state index is 12.7. The van der Waals surface area contributed by atoms with Crippen LogP contribution in [0.2, 0.25) is 0 Å². The standard InChI is InChI=1S/C14H24N4O3/c1-10(8-15)16-11(19)9-18-12(20)14(17(2)13(18)21)6-4-3-5-7-14/h10H,3-9,15H2,1-2H3,(H,16,19)/t10-/m0/s1. The van der Waals surface area contributed by atoms with Crippen LogP contribution in [0.15, 0.2) is 0 Å². The highest BCUT2D eigenvalue weighted by atomic mass is 16.2. The predicted molar refractivity (Wildman–Crippen MR) is 77.3 cm³/mol. The summed E-state index contributed by atoms with van der Waals surface area (Å²) in [7, 11) is 1.66. The van der Waals surface area contributed by atoms with Gasteiger partial charge in [-0.25, -0.2) is 4.79 Å². The maximum absolute atomic E-state index is 12.7. The zero-order valence-electron chi connectivity index (χ0n) is 12.7. The van der Waals surface area contributed by atoms with E-state index in [2.05, 4.69) is 5.32 Å². The van der Waals surface area contributed by atoms with Crippen molar-refractivity contribution in [2.75, 3.05) is 20.1 Å². The van der Waals surface area contributed by atoms with Crippen molar-refractivity contribution >= 4 is 17.8 Å². The van der Waals surface area contributed by atoms with Gasteiger partial charge in [0.15, 0.2) is 0 Å². The molecule has 1 atom stereocenters. The Hall–Kier alpha value is -1.63. The van der Waals surface area contributed by atoms with Crippen LogP contribution in [0.4, 0.5) is 4.79 Å². The summed E-state index contributed by atoms with van der Waals surface area (Å²) in [6.45, 7) is 1.87. The van der Waals surface area contributed by atoms with E-state index < -0.39 is 5.54 Å².